The number of halogens is 6. The van der Waals surface area contributed by atoms with Gasteiger partial charge in [0.15, 0.2) is 0 Å². The van der Waals surface area contributed by atoms with E-state index < -0.39 is 54.5 Å². The van der Waals surface area contributed by atoms with Crippen molar-refractivity contribution in [2.45, 2.75) is 88.7 Å². The van der Waals surface area contributed by atoms with Crippen LogP contribution in [0.3, 0.4) is 0 Å². The monoisotopic (exact) mass is 566 g/mol. The van der Waals surface area contributed by atoms with E-state index in [9.17, 15) is 22.4 Å². The number of hydrogen-bond donors (Lipinski definition) is 2. The average molecular weight is 567 g/mol. The second-order valence-corrected chi connectivity index (χ2v) is 12.6. The van der Waals surface area contributed by atoms with Crippen LogP contribution in [0.5, 0.6) is 0 Å². The zero-order valence-corrected chi connectivity index (χ0v) is 22.8. The van der Waals surface area contributed by atoms with Crippen LogP contribution in [0.2, 0.25) is 0 Å². The van der Waals surface area contributed by atoms with Gasteiger partial charge in [-0.2, -0.15) is 13.2 Å². The molecule has 0 spiro atoms. The molecule has 0 radical (unpaired) electrons. The van der Waals surface area contributed by atoms with Crippen molar-refractivity contribution in [2.24, 2.45) is 48.5 Å². The van der Waals surface area contributed by atoms with Crippen molar-refractivity contribution in [3.8, 4) is 0 Å². The van der Waals surface area contributed by atoms with Crippen molar-refractivity contribution >= 4 is 17.5 Å². The van der Waals surface area contributed by atoms with Crippen LogP contribution in [-0.2, 0) is 18.4 Å². The SMILES string of the molecule is CC1CC(CNC(=O)C2CC(Cn3ccn(C)c3=N)CC(C3CCC(F)CC3C(F)(F)F)C2F)CCC1Cl. The minimum absolute atomic E-state index is 0.0201. The Morgan fingerprint density at radius 3 is 2.42 bits per heavy atom. The van der Waals surface area contributed by atoms with Crippen LogP contribution in [-0.4, -0.2) is 45.5 Å². The summed E-state index contributed by atoms with van der Waals surface area (Å²) in [6.07, 6.45) is -2.23. The highest BCUT2D eigenvalue weighted by Crippen LogP contribution is 2.51. The molecule has 1 amide bonds. The molecule has 38 heavy (non-hydrogen) atoms. The number of alkyl halides is 6. The first-order valence-corrected chi connectivity index (χ1v) is 14.3. The molecule has 1 aromatic rings. The van der Waals surface area contributed by atoms with Crippen LogP contribution < -0.4 is 10.9 Å². The molecule has 1 aromatic heterocycles. The summed E-state index contributed by atoms with van der Waals surface area (Å²) in [5, 5.41) is 11.2. The Morgan fingerprint density at radius 2 is 1.79 bits per heavy atom. The number of amides is 1. The van der Waals surface area contributed by atoms with E-state index in [0.717, 1.165) is 19.3 Å². The number of aryl methyl sites for hydroxylation is 1. The molecular weight excluding hydrogens is 527 g/mol. The van der Waals surface area contributed by atoms with Crippen molar-refractivity contribution in [1.29, 1.82) is 5.41 Å². The van der Waals surface area contributed by atoms with Crippen molar-refractivity contribution in [3.63, 3.8) is 0 Å². The van der Waals surface area contributed by atoms with E-state index in [4.69, 9.17) is 17.0 Å². The molecule has 10 atom stereocenters. The van der Waals surface area contributed by atoms with Crippen LogP contribution >= 0.6 is 11.6 Å². The first kappa shape index (κ1) is 29.4. The Morgan fingerprint density at radius 1 is 1.05 bits per heavy atom. The zero-order valence-electron chi connectivity index (χ0n) is 22.1. The van der Waals surface area contributed by atoms with E-state index >= 15 is 4.39 Å². The average Bonchev–Trinajstić information content (AvgIpc) is 3.17. The summed E-state index contributed by atoms with van der Waals surface area (Å²) in [6, 6.07) is 0. The van der Waals surface area contributed by atoms with Gasteiger partial charge in [-0.1, -0.05) is 6.92 Å². The minimum atomic E-state index is -4.62. The number of nitrogens with zero attached hydrogens (tertiary/aromatic N) is 2. The molecule has 5 nitrogen and oxygen atoms in total. The molecule has 3 aliphatic carbocycles. The summed E-state index contributed by atoms with van der Waals surface area (Å²) in [5.41, 5.74) is 0.222. The molecule has 2 N–H and O–H groups in total. The third kappa shape index (κ3) is 6.58. The molecule has 0 aromatic carbocycles. The van der Waals surface area contributed by atoms with E-state index in [2.05, 4.69) is 12.2 Å². The summed E-state index contributed by atoms with van der Waals surface area (Å²) in [5.74, 6) is -5.23. The highest BCUT2D eigenvalue weighted by Gasteiger charge is 2.54. The second-order valence-electron chi connectivity index (χ2n) is 12.1. The van der Waals surface area contributed by atoms with E-state index in [-0.39, 0.29) is 48.5 Å². The largest absolute Gasteiger partial charge is 0.392 e. The summed E-state index contributed by atoms with van der Waals surface area (Å²) >= 11 is 6.32. The van der Waals surface area contributed by atoms with E-state index in [1.807, 2.05) is 0 Å². The Labute approximate surface area is 226 Å². The quantitative estimate of drug-likeness (QED) is 0.334. The number of rotatable bonds is 6. The zero-order chi connectivity index (χ0) is 27.8. The molecule has 4 rings (SSSR count). The lowest BCUT2D eigenvalue weighted by atomic mass is 9.62. The Balaban J connectivity index is 1.53. The van der Waals surface area contributed by atoms with Gasteiger partial charge in [0.1, 0.15) is 12.3 Å². The molecule has 11 heteroatoms. The first-order chi connectivity index (χ1) is 17.8. The fraction of sp³-hybridized carbons (Fsp3) is 0.852. The van der Waals surface area contributed by atoms with Crippen LogP contribution in [0.4, 0.5) is 22.0 Å². The maximum atomic E-state index is 16.1. The molecule has 216 valence electrons. The summed E-state index contributed by atoms with van der Waals surface area (Å²) in [6.45, 7) is 2.79. The maximum absolute atomic E-state index is 16.1. The molecule has 0 bridgehead atoms. The van der Waals surface area contributed by atoms with Gasteiger partial charge in [0.05, 0.1) is 11.8 Å². The fourth-order valence-electron chi connectivity index (χ4n) is 7.22. The predicted molar refractivity (Wildman–Crippen MR) is 135 cm³/mol. The van der Waals surface area contributed by atoms with Gasteiger partial charge in [-0.15, -0.1) is 11.6 Å². The lowest BCUT2D eigenvalue weighted by molar-refractivity contribution is -0.213. The van der Waals surface area contributed by atoms with Gasteiger partial charge in [-0.25, -0.2) is 8.78 Å². The molecule has 0 saturated heterocycles. The standard InChI is InChI=1S/C27H40ClF5N4O/c1-15-9-16(3-6-23(15)28)13-35-25(38)21-11-17(14-37-8-7-36(2)26(37)34)10-20(24(21)30)19-5-4-18(29)12-22(19)27(31,32)33/h7-8,15-24,34H,3-6,9-14H2,1-2H3,(H,35,38). The normalized spacial score (nSPS) is 38.6. The molecule has 3 aliphatic rings. The third-order valence-electron chi connectivity index (χ3n) is 9.40. The van der Waals surface area contributed by atoms with Crippen molar-refractivity contribution in [3.05, 3.63) is 18.0 Å². The number of aromatic nitrogens is 2. The molecule has 1 heterocycles. The van der Waals surface area contributed by atoms with Gasteiger partial charge in [0, 0.05) is 37.9 Å². The second kappa shape index (κ2) is 11.9. The highest BCUT2D eigenvalue weighted by atomic mass is 35.5. The Hall–Kier alpha value is -1.58. The molecule has 10 unspecified atom stereocenters. The minimum Gasteiger partial charge on any atom is -0.355 e. The van der Waals surface area contributed by atoms with Crippen LogP contribution in [0, 0.1) is 46.8 Å². The van der Waals surface area contributed by atoms with Gasteiger partial charge in [-0.3, -0.25) is 10.2 Å². The van der Waals surface area contributed by atoms with Crippen LogP contribution in [0.15, 0.2) is 12.4 Å². The van der Waals surface area contributed by atoms with Crippen LogP contribution in [0.1, 0.15) is 58.3 Å². The smallest absolute Gasteiger partial charge is 0.355 e. The Kier molecular flexibility index (Phi) is 9.20. The maximum Gasteiger partial charge on any atom is 0.392 e. The van der Waals surface area contributed by atoms with E-state index in [1.54, 1.807) is 28.6 Å². The number of carbonyl (C=O) groups is 1. The van der Waals surface area contributed by atoms with Crippen molar-refractivity contribution < 1.29 is 26.7 Å². The molecule has 3 saturated carbocycles. The summed E-state index contributed by atoms with van der Waals surface area (Å²) in [7, 11) is 1.72. The molecular formula is C27H40ClF5N4O. The highest BCUT2D eigenvalue weighted by molar-refractivity contribution is 6.20. The summed E-state index contributed by atoms with van der Waals surface area (Å²) in [4.78, 5) is 13.3. The van der Waals surface area contributed by atoms with Crippen LogP contribution in [0.25, 0.3) is 0 Å². The predicted octanol–water partition coefficient (Wildman–Crippen LogP) is 5.76. The number of hydrogen-bond acceptors (Lipinski definition) is 2. The van der Waals surface area contributed by atoms with Gasteiger partial charge in [0.25, 0.3) is 0 Å². The van der Waals surface area contributed by atoms with Gasteiger partial charge >= 0.3 is 6.18 Å². The van der Waals surface area contributed by atoms with E-state index in [1.165, 1.54) is 0 Å². The lowest BCUT2D eigenvalue weighted by Gasteiger charge is -2.46. The van der Waals surface area contributed by atoms with Crippen molar-refractivity contribution in [1.82, 2.24) is 14.5 Å². The van der Waals surface area contributed by atoms with Gasteiger partial charge in [-0.05, 0) is 81.0 Å². The fourth-order valence-corrected chi connectivity index (χ4v) is 7.45. The molecule has 3 fully saturated rings. The van der Waals surface area contributed by atoms with E-state index in [0.29, 0.717) is 19.0 Å². The van der Waals surface area contributed by atoms with Gasteiger partial charge in [0.2, 0.25) is 11.5 Å². The number of carbonyl (C=O) groups excluding carboxylic acids is 1. The topological polar surface area (TPSA) is 62.8 Å². The number of imidazole rings is 1. The molecule has 0 aliphatic heterocycles. The lowest BCUT2D eigenvalue weighted by Crippen LogP contribution is -2.51. The van der Waals surface area contributed by atoms with Gasteiger partial charge < -0.3 is 14.5 Å². The summed E-state index contributed by atoms with van der Waals surface area (Å²) < 4.78 is 75.4. The Bertz CT molecular complexity index is 1010. The first-order valence-electron chi connectivity index (χ1n) is 13.9. The third-order valence-corrected chi connectivity index (χ3v) is 10.1. The van der Waals surface area contributed by atoms with Crippen molar-refractivity contribution in [2.75, 3.05) is 6.54 Å². The number of nitrogens with one attached hydrogen (secondary N) is 2.